The third-order valence-corrected chi connectivity index (χ3v) is 4.81. The van der Waals surface area contributed by atoms with Crippen LogP contribution in [0.3, 0.4) is 0 Å². The molecule has 6 heteroatoms. The molecule has 3 aromatic rings. The quantitative estimate of drug-likeness (QED) is 0.465. The van der Waals surface area contributed by atoms with Gasteiger partial charge in [-0.3, -0.25) is 19.0 Å². The molecule has 0 bridgehead atoms. The molecule has 6 nitrogen and oxygen atoms in total. The topological polar surface area (TPSA) is 78.3 Å². The van der Waals surface area contributed by atoms with Gasteiger partial charge in [-0.15, -0.1) is 0 Å². The molecule has 1 aromatic heterocycles. The fraction of sp³-hybridized carbons (Fsp3) is 0.273. The summed E-state index contributed by atoms with van der Waals surface area (Å²) in [5.74, 6) is -0.521. The van der Waals surface area contributed by atoms with Crippen molar-refractivity contribution in [3.8, 4) is 0 Å². The van der Waals surface area contributed by atoms with E-state index in [0.717, 1.165) is 6.42 Å². The monoisotopic (exact) mass is 378 g/mol. The second-order valence-corrected chi connectivity index (χ2v) is 6.71. The molecule has 0 saturated heterocycles. The Morgan fingerprint density at radius 2 is 1.82 bits per heavy atom. The molecule has 28 heavy (non-hydrogen) atoms. The summed E-state index contributed by atoms with van der Waals surface area (Å²) in [7, 11) is 0. The zero-order valence-corrected chi connectivity index (χ0v) is 15.9. The van der Waals surface area contributed by atoms with Crippen LogP contribution >= 0.6 is 0 Å². The van der Waals surface area contributed by atoms with Crippen LogP contribution < -0.4 is 5.56 Å². The van der Waals surface area contributed by atoms with Crippen LogP contribution in [0.15, 0.2) is 59.7 Å². The number of hydrogen-bond acceptors (Lipinski definition) is 5. The summed E-state index contributed by atoms with van der Waals surface area (Å²) in [6.45, 7) is 3.58. The average Bonchev–Trinajstić information content (AvgIpc) is 2.73. The highest BCUT2D eigenvalue weighted by molar-refractivity contribution is 5.98. The zero-order chi connectivity index (χ0) is 20.1. The Morgan fingerprint density at radius 1 is 1.11 bits per heavy atom. The standard InChI is InChI=1S/C22H22N2O4/c1-3-15(2)16-8-10-17(11-9-16)20(25)13-28-21(26)12-24-14-23-19-7-5-4-6-18(19)22(24)27/h4-11,14-15H,3,12-13H2,1-2H3/t15-/m1/s1. The van der Waals surface area contributed by atoms with Crippen LogP contribution in [0.25, 0.3) is 10.9 Å². The van der Waals surface area contributed by atoms with Crippen molar-refractivity contribution in [1.82, 2.24) is 9.55 Å². The van der Waals surface area contributed by atoms with Crippen molar-refractivity contribution >= 4 is 22.7 Å². The molecule has 0 amide bonds. The second-order valence-electron chi connectivity index (χ2n) is 6.71. The Labute approximate surface area is 162 Å². The Morgan fingerprint density at radius 3 is 2.54 bits per heavy atom. The highest BCUT2D eigenvalue weighted by Gasteiger charge is 2.13. The number of Topliss-reactive ketones (excluding diaryl/α,β-unsaturated/α-hetero) is 1. The number of ether oxygens (including phenoxy) is 1. The van der Waals surface area contributed by atoms with Crippen molar-refractivity contribution in [2.45, 2.75) is 32.7 Å². The van der Waals surface area contributed by atoms with Crippen LogP contribution in [0.5, 0.6) is 0 Å². The molecule has 0 aliphatic heterocycles. The van der Waals surface area contributed by atoms with Gasteiger partial charge in [0.05, 0.1) is 17.2 Å². The number of nitrogens with zero attached hydrogens (tertiary/aromatic N) is 2. The number of fused-ring (bicyclic) bond motifs is 1. The molecule has 0 N–H and O–H groups in total. The van der Waals surface area contributed by atoms with Crippen molar-refractivity contribution in [1.29, 1.82) is 0 Å². The molecule has 0 aliphatic carbocycles. The fourth-order valence-corrected chi connectivity index (χ4v) is 2.87. The van der Waals surface area contributed by atoms with Crippen molar-refractivity contribution < 1.29 is 14.3 Å². The smallest absolute Gasteiger partial charge is 0.326 e. The third kappa shape index (κ3) is 4.34. The molecular formula is C22H22N2O4. The van der Waals surface area contributed by atoms with Gasteiger partial charge in [0, 0.05) is 5.56 Å². The summed E-state index contributed by atoms with van der Waals surface area (Å²) in [6.07, 6.45) is 2.33. The lowest BCUT2D eigenvalue weighted by atomic mass is 9.97. The van der Waals surface area contributed by atoms with Crippen LogP contribution in [0.4, 0.5) is 0 Å². The number of benzene rings is 2. The van der Waals surface area contributed by atoms with E-state index < -0.39 is 5.97 Å². The number of para-hydroxylation sites is 1. The van der Waals surface area contributed by atoms with Gasteiger partial charge in [-0.25, -0.2) is 4.98 Å². The van der Waals surface area contributed by atoms with E-state index in [2.05, 4.69) is 18.8 Å². The van der Waals surface area contributed by atoms with Gasteiger partial charge in [0.2, 0.25) is 0 Å². The molecule has 0 radical (unpaired) electrons. The number of rotatable bonds is 7. The summed E-state index contributed by atoms with van der Waals surface area (Å²) in [4.78, 5) is 40.8. The maximum atomic E-state index is 12.4. The Kier molecular flexibility index (Phi) is 5.99. The molecule has 0 aliphatic rings. The molecule has 0 spiro atoms. The largest absolute Gasteiger partial charge is 0.456 e. The first-order chi connectivity index (χ1) is 13.5. The lowest BCUT2D eigenvalue weighted by Gasteiger charge is -2.10. The first-order valence-corrected chi connectivity index (χ1v) is 9.22. The number of aromatic nitrogens is 2. The van der Waals surface area contributed by atoms with Gasteiger partial charge in [-0.05, 0) is 30.0 Å². The zero-order valence-electron chi connectivity index (χ0n) is 15.9. The summed E-state index contributed by atoms with van der Waals surface area (Å²) >= 11 is 0. The molecule has 3 rings (SSSR count). The molecule has 2 aromatic carbocycles. The SMILES string of the molecule is CC[C@@H](C)c1ccc(C(=O)COC(=O)Cn2cnc3ccccc3c2=O)cc1. The normalized spacial score (nSPS) is 11.9. The minimum absolute atomic E-state index is 0.284. The number of carbonyl (C=O) groups excluding carboxylic acids is 2. The fourth-order valence-electron chi connectivity index (χ4n) is 2.87. The minimum Gasteiger partial charge on any atom is -0.456 e. The molecular weight excluding hydrogens is 356 g/mol. The number of hydrogen-bond donors (Lipinski definition) is 0. The second kappa shape index (κ2) is 8.61. The van der Waals surface area contributed by atoms with Crippen molar-refractivity contribution in [3.63, 3.8) is 0 Å². The summed E-state index contributed by atoms with van der Waals surface area (Å²) in [5.41, 5.74) is 1.89. The summed E-state index contributed by atoms with van der Waals surface area (Å²) in [6, 6.07) is 14.2. The van der Waals surface area contributed by atoms with Gasteiger partial charge in [0.15, 0.2) is 12.4 Å². The maximum absolute atomic E-state index is 12.4. The van der Waals surface area contributed by atoms with Gasteiger partial charge in [0.1, 0.15) is 6.54 Å². The lowest BCUT2D eigenvalue weighted by molar-refractivity contribution is -0.143. The van der Waals surface area contributed by atoms with E-state index in [-0.39, 0.29) is 24.5 Å². The Hall–Kier alpha value is -3.28. The summed E-state index contributed by atoms with van der Waals surface area (Å²) < 4.78 is 6.23. The van der Waals surface area contributed by atoms with Crippen LogP contribution in [-0.2, 0) is 16.1 Å². The van der Waals surface area contributed by atoms with E-state index in [0.29, 0.717) is 22.4 Å². The molecule has 1 atom stereocenters. The van der Waals surface area contributed by atoms with Gasteiger partial charge >= 0.3 is 5.97 Å². The van der Waals surface area contributed by atoms with Crippen molar-refractivity contribution in [2.75, 3.05) is 6.61 Å². The number of ketones is 1. The predicted molar refractivity (Wildman–Crippen MR) is 106 cm³/mol. The Balaban J connectivity index is 1.60. The van der Waals surface area contributed by atoms with Crippen molar-refractivity contribution in [2.24, 2.45) is 0 Å². The summed E-state index contributed by atoms with van der Waals surface area (Å²) in [5, 5.41) is 0.426. The number of carbonyl (C=O) groups is 2. The molecule has 144 valence electrons. The van der Waals surface area contributed by atoms with E-state index in [1.165, 1.54) is 16.5 Å². The highest BCUT2D eigenvalue weighted by atomic mass is 16.5. The predicted octanol–water partition coefficient (Wildman–Crippen LogP) is 3.34. The van der Waals surface area contributed by atoms with Gasteiger partial charge in [0.25, 0.3) is 5.56 Å². The van der Waals surface area contributed by atoms with E-state index >= 15 is 0 Å². The highest BCUT2D eigenvalue weighted by Crippen LogP contribution is 2.19. The van der Waals surface area contributed by atoms with Crippen LogP contribution in [0.2, 0.25) is 0 Å². The molecule has 0 fully saturated rings. The Bertz CT molecular complexity index is 1050. The van der Waals surface area contributed by atoms with E-state index in [1.54, 1.807) is 36.4 Å². The molecule has 1 heterocycles. The molecule has 0 saturated carbocycles. The van der Waals surface area contributed by atoms with Crippen LogP contribution in [-0.4, -0.2) is 27.9 Å². The first kappa shape index (κ1) is 19.5. The van der Waals surface area contributed by atoms with Crippen LogP contribution in [0.1, 0.15) is 42.1 Å². The van der Waals surface area contributed by atoms with Crippen LogP contribution in [0, 0.1) is 0 Å². The van der Waals surface area contributed by atoms with Gasteiger partial charge < -0.3 is 4.74 Å². The first-order valence-electron chi connectivity index (χ1n) is 9.22. The van der Waals surface area contributed by atoms with Gasteiger partial charge in [-0.2, -0.15) is 0 Å². The number of esters is 1. The molecule has 0 unspecified atom stereocenters. The third-order valence-electron chi connectivity index (χ3n) is 4.81. The average molecular weight is 378 g/mol. The van der Waals surface area contributed by atoms with Gasteiger partial charge in [-0.1, -0.05) is 50.2 Å². The van der Waals surface area contributed by atoms with E-state index in [4.69, 9.17) is 4.74 Å². The minimum atomic E-state index is -0.663. The maximum Gasteiger partial charge on any atom is 0.326 e. The van der Waals surface area contributed by atoms with E-state index in [1.807, 2.05) is 12.1 Å². The lowest BCUT2D eigenvalue weighted by Crippen LogP contribution is -2.26. The van der Waals surface area contributed by atoms with Crippen molar-refractivity contribution in [3.05, 3.63) is 76.3 Å². The van der Waals surface area contributed by atoms with E-state index in [9.17, 15) is 14.4 Å².